The zero-order chi connectivity index (χ0) is 12.3. The van der Waals surface area contributed by atoms with Crippen molar-refractivity contribution in [2.45, 2.75) is 39.5 Å². The van der Waals surface area contributed by atoms with Gasteiger partial charge in [-0.05, 0) is 25.0 Å². The van der Waals surface area contributed by atoms with E-state index in [0.717, 1.165) is 37.3 Å². The molecular formula is C14H23N3. The first kappa shape index (κ1) is 13.7. The highest BCUT2D eigenvalue weighted by Gasteiger charge is 1.92. The molecule has 0 bridgehead atoms. The number of unbranched alkanes of at least 4 members (excludes halogenated alkanes) is 2. The molecule has 0 aromatic carbocycles. The maximum absolute atomic E-state index is 4.35. The van der Waals surface area contributed by atoms with Crippen molar-refractivity contribution in [2.24, 2.45) is 9.98 Å². The highest BCUT2D eigenvalue weighted by molar-refractivity contribution is 5.83. The number of rotatable bonds is 8. The van der Waals surface area contributed by atoms with Crippen LogP contribution in [0.5, 0.6) is 0 Å². The van der Waals surface area contributed by atoms with E-state index < -0.39 is 0 Å². The van der Waals surface area contributed by atoms with Crippen molar-refractivity contribution < 1.29 is 0 Å². The summed E-state index contributed by atoms with van der Waals surface area (Å²) < 4.78 is 0. The quantitative estimate of drug-likeness (QED) is 0.528. The summed E-state index contributed by atoms with van der Waals surface area (Å²) in [5, 5.41) is 0. The van der Waals surface area contributed by atoms with E-state index in [1.54, 1.807) is 0 Å². The monoisotopic (exact) mass is 233 g/mol. The van der Waals surface area contributed by atoms with E-state index in [4.69, 9.17) is 0 Å². The zero-order valence-corrected chi connectivity index (χ0v) is 10.9. The van der Waals surface area contributed by atoms with Gasteiger partial charge in [-0.15, -0.1) is 0 Å². The topological polar surface area (TPSA) is 40.5 Å². The minimum absolute atomic E-state index is 0.912. The molecule has 0 aliphatic rings. The number of aromatic amines is 1. The summed E-state index contributed by atoms with van der Waals surface area (Å²) in [6.45, 7) is 6.18. The lowest BCUT2D eigenvalue weighted by molar-refractivity contribution is 0.809. The smallest absolute Gasteiger partial charge is 0.0566 e. The highest BCUT2D eigenvalue weighted by Crippen LogP contribution is 1.98. The van der Waals surface area contributed by atoms with Crippen LogP contribution in [-0.2, 0) is 0 Å². The Morgan fingerprint density at radius 3 is 1.82 bits per heavy atom. The largest absolute Gasteiger partial charge is 0.353 e. The van der Waals surface area contributed by atoms with E-state index in [0.29, 0.717) is 0 Å². The van der Waals surface area contributed by atoms with Gasteiger partial charge in [0.1, 0.15) is 0 Å². The van der Waals surface area contributed by atoms with Crippen LogP contribution in [0.25, 0.3) is 0 Å². The summed E-state index contributed by atoms with van der Waals surface area (Å²) in [4.78, 5) is 12.0. The minimum atomic E-state index is 0.912. The van der Waals surface area contributed by atoms with E-state index in [9.17, 15) is 0 Å². The van der Waals surface area contributed by atoms with E-state index in [2.05, 4.69) is 28.8 Å². The summed E-state index contributed by atoms with van der Waals surface area (Å²) in [5.74, 6) is 0. The van der Waals surface area contributed by atoms with Gasteiger partial charge >= 0.3 is 0 Å². The van der Waals surface area contributed by atoms with Crippen molar-refractivity contribution in [1.29, 1.82) is 0 Å². The fourth-order valence-electron chi connectivity index (χ4n) is 1.40. The Hall–Kier alpha value is -1.38. The Bertz CT molecular complexity index is 318. The molecule has 0 fully saturated rings. The highest BCUT2D eigenvalue weighted by atomic mass is 14.8. The molecule has 1 rings (SSSR count). The molecule has 17 heavy (non-hydrogen) atoms. The van der Waals surface area contributed by atoms with Crippen molar-refractivity contribution in [3.63, 3.8) is 0 Å². The Morgan fingerprint density at radius 2 is 1.41 bits per heavy atom. The number of H-pyrrole nitrogens is 1. The van der Waals surface area contributed by atoms with Crippen LogP contribution in [0.4, 0.5) is 0 Å². The predicted molar refractivity (Wildman–Crippen MR) is 75.5 cm³/mol. The molecule has 0 spiro atoms. The van der Waals surface area contributed by atoms with Crippen molar-refractivity contribution >= 4 is 12.4 Å². The first-order chi connectivity index (χ1) is 8.36. The Labute approximate surface area is 104 Å². The van der Waals surface area contributed by atoms with Gasteiger partial charge in [-0.25, -0.2) is 0 Å². The van der Waals surface area contributed by atoms with Gasteiger partial charge in [-0.3, -0.25) is 9.98 Å². The molecule has 0 amide bonds. The normalized spacial score (nSPS) is 11.9. The van der Waals surface area contributed by atoms with E-state index >= 15 is 0 Å². The number of aliphatic imine (C=N–C) groups is 2. The molecule has 1 heterocycles. The first-order valence-corrected chi connectivity index (χ1v) is 6.55. The lowest BCUT2D eigenvalue weighted by Gasteiger charge is -1.90. The van der Waals surface area contributed by atoms with E-state index in [1.807, 2.05) is 24.6 Å². The zero-order valence-electron chi connectivity index (χ0n) is 10.9. The molecule has 94 valence electrons. The molecule has 1 aromatic heterocycles. The lowest BCUT2D eigenvalue weighted by atomic mass is 10.3. The van der Waals surface area contributed by atoms with Gasteiger partial charge in [-0.2, -0.15) is 0 Å². The van der Waals surface area contributed by atoms with Crippen molar-refractivity contribution in [2.75, 3.05) is 13.1 Å². The third-order valence-corrected chi connectivity index (χ3v) is 2.47. The van der Waals surface area contributed by atoms with Crippen LogP contribution in [0.2, 0.25) is 0 Å². The lowest BCUT2D eigenvalue weighted by Crippen LogP contribution is -1.87. The van der Waals surface area contributed by atoms with Gasteiger partial charge in [0.05, 0.1) is 11.4 Å². The molecule has 0 saturated carbocycles. The maximum atomic E-state index is 4.35. The molecule has 0 atom stereocenters. The molecular weight excluding hydrogens is 210 g/mol. The standard InChI is InChI=1S/C14H23N3/c1-3-5-9-15-11-13-7-8-14(17-13)12-16-10-6-4-2/h7-8,11-12,17H,3-6,9-10H2,1-2H3. The average molecular weight is 233 g/mol. The van der Waals surface area contributed by atoms with Crippen LogP contribution in [0.15, 0.2) is 22.1 Å². The Balaban J connectivity index is 2.37. The summed E-state index contributed by atoms with van der Waals surface area (Å²) in [6.07, 6.45) is 8.50. The van der Waals surface area contributed by atoms with Crippen LogP contribution < -0.4 is 0 Å². The fourth-order valence-corrected chi connectivity index (χ4v) is 1.40. The molecule has 0 aliphatic heterocycles. The van der Waals surface area contributed by atoms with Gasteiger partial charge in [-0.1, -0.05) is 26.7 Å². The Morgan fingerprint density at radius 1 is 0.941 bits per heavy atom. The van der Waals surface area contributed by atoms with Gasteiger partial charge in [0, 0.05) is 25.5 Å². The van der Waals surface area contributed by atoms with E-state index in [-0.39, 0.29) is 0 Å². The van der Waals surface area contributed by atoms with Crippen LogP contribution in [-0.4, -0.2) is 30.5 Å². The summed E-state index contributed by atoms with van der Waals surface area (Å²) in [6, 6.07) is 4.08. The number of hydrogen-bond donors (Lipinski definition) is 1. The van der Waals surface area contributed by atoms with Crippen molar-refractivity contribution in [3.05, 3.63) is 23.5 Å². The molecule has 3 nitrogen and oxygen atoms in total. The molecule has 0 unspecified atom stereocenters. The maximum Gasteiger partial charge on any atom is 0.0566 e. The van der Waals surface area contributed by atoms with Crippen molar-refractivity contribution in [1.82, 2.24) is 4.98 Å². The predicted octanol–water partition coefficient (Wildman–Crippen LogP) is 3.45. The molecule has 0 saturated heterocycles. The third kappa shape index (κ3) is 6.05. The van der Waals surface area contributed by atoms with Crippen LogP contribution in [0, 0.1) is 0 Å². The summed E-state index contributed by atoms with van der Waals surface area (Å²) in [5.41, 5.74) is 2.11. The van der Waals surface area contributed by atoms with Crippen LogP contribution in [0.3, 0.4) is 0 Å². The molecule has 3 heteroatoms. The molecule has 1 aromatic rings. The minimum Gasteiger partial charge on any atom is -0.353 e. The molecule has 0 aliphatic carbocycles. The van der Waals surface area contributed by atoms with E-state index in [1.165, 1.54) is 12.8 Å². The molecule has 1 N–H and O–H groups in total. The fraction of sp³-hybridized carbons (Fsp3) is 0.571. The number of nitrogens with zero attached hydrogens (tertiary/aromatic N) is 2. The van der Waals surface area contributed by atoms with Crippen LogP contribution in [0.1, 0.15) is 50.9 Å². The number of aromatic nitrogens is 1. The van der Waals surface area contributed by atoms with Gasteiger partial charge in [0.15, 0.2) is 0 Å². The van der Waals surface area contributed by atoms with Crippen molar-refractivity contribution in [3.8, 4) is 0 Å². The average Bonchev–Trinajstić information content (AvgIpc) is 2.78. The first-order valence-electron chi connectivity index (χ1n) is 6.55. The Kier molecular flexibility index (Phi) is 7.03. The van der Waals surface area contributed by atoms with Gasteiger partial charge in [0.2, 0.25) is 0 Å². The number of nitrogens with one attached hydrogen (secondary N) is 1. The second-order valence-corrected chi connectivity index (χ2v) is 4.15. The SMILES string of the molecule is CCCCN=Cc1ccc(C=NCCCC)[nH]1. The van der Waals surface area contributed by atoms with Crippen LogP contribution >= 0.6 is 0 Å². The van der Waals surface area contributed by atoms with Gasteiger partial charge in [0.25, 0.3) is 0 Å². The third-order valence-electron chi connectivity index (χ3n) is 2.47. The van der Waals surface area contributed by atoms with Gasteiger partial charge < -0.3 is 4.98 Å². The number of hydrogen-bond acceptors (Lipinski definition) is 2. The summed E-state index contributed by atoms with van der Waals surface area (Å²) in [7, 11) is 0. The summed E-state index contributed by atoms with van der Waals surface area (Å²) >= 11 is 0. The second kappa shape index (κ2) is 8.74. The molecule has 0 radical (unpaired) electrons. The second-order valence-electron chi connectivity index (χ2n) is 4.15.